The molecule has 1 nitrogen and oxygen atoms in total. The van der Waals surface area contributed by atoms with Gasteiger partial charge in [-0.3, -0.25) is 0 Å². The van der Waals surface area contributed by atoms with Gasteiger partial charge in [-0.05, 0) is 30.3 Å². The van der Waals surface area contributed by atoms with Crippen molar-refractivity contribution in [3.05, 3.63) is 0 Å². The van der Waals surface area contributed by atoms with E-state index in [-0.39, 0.29) is 6.10 Å². The van der Waals surface area contributed by atoms with Crippen LogP contribution in [-0.2, 0) is 0 Å². The molecule has 1 aliphatic carbocycles. The van der Waals surface area contributed by atoms with Gasteiger partial charge in [0.15, 0.2) is 0 Å². The van der Waals surface area contributed by atoms with Crippen molar-refractivity contribution in [3.8, 4) is 11.2 Å². The Morgan fingerprint density at radius 1 is 1.45 bits per heavy atom. The number of hydrogen-bond acceptors (Lipinski definition) is 2. The summed E-state index contributed by atoms with van der Waals surface area (Å²) in [6.07, 6.45) is 6.40. The zero-order valence-corrected chi connectivity index (χ0v) is 7.66. The van der Waals surface area contributed by atoms with Crippen LogP contribution in [0.4, 0.5) is 0 Å². The molecule has 0 amide bonds. The van der Waals surface area contributed by atoms with Gasteiger partial charge in [0.1, 0.15) is 6.10 Å². The lowest BCUT2D eigenvalue weighted by Crippen LogP contribution is -2.14. The van der Waals surface area contributed by atoms with E-state index >= 15 is 0 Å². The monoisotopic (exact) mass is 170 g/mol. The fourth-order valence-corrected chi connectivity index (χ4v) is 1.75. The third-order valence-electron chi connectivity index (χ3n) is 2.16. The van der Waals surface area contributed by atoms with Crippen molar-refractivity contribution in [3.63, 3.8) is 0 Å². The molecule has 0 saturated heterocycles. The molecular formula is C9H14OS. The first-order chi connectivity index (χ1) is 5.34. The molecule has 1 rings (SSSR count). The first kappa shape index (κ1) is 8.96. The Bertz CT molecular complexity index is 162. The van der Waals surface area contributed by atoms with Crippen molar-refractivity contribution in [2.24, 2.45) is 5.92 Å². The quantitative estimate of drug-likeness (QED) is 0.606. The second-order valence-electron chi connectivity index (χ2n) is 2.94. The molecule has 0 aliphatic heterocycles. The molecule has 1 fully saturated rings. The van der Waals surface area contributed by atoms with Gasteiger partial charge in [0.05, 0.1) is 0 Å². The third kappa shape index (κ3) is 2.76. The molecule has 0 aromatic heterocycles. The molecule has 0 aromatic carbocycles. The van der Waals surface area contributed by atoms with Crippen LogP contribution in [0, 0.1) is 17.1 Å². The molecular weight excluding hydrogens is 156 g/mol. The van der Waals surface area contributed by atoms with Crippen molar-refractivity contribution in [2.75, 3.05) is 6.26 Å². The average Bonchev–Trinajstić information content (AvgIpc) is 2.52. The van der Waals surface area contributed by atoms with Gasteiger partial charge in [0.25, 0.3) is 0 Å². The molecule has 2 heteroatoms. The summed E-state index contributed by atoms with van der Waals surface area (Å²) in [6.45, 7) is 0. The fourth-order valence-electron chi connectivity index (χ4n) is 1.51. The van der Waals surface area contributed by atoms with Gasteiger partial charge in [0.2, 0.25) is 0 Å². The summed E-state index contributed by atoms with van der Waals surface area (Å²) in [6, 6.07) is 0. The van der Waals surface area contributed by atoms with Crippen LogP contribution in [0.25, 0.3) is 0 Å². The van der Waals surface area contributed by atoms with E-state index in [2.05, 4.69) is 11.2 Å². The number of hydrogen-bond donors (Lipinski definition) is 1. The Hall–Kier alpha value is -0.130. The number of aliphatic hydroxyl groups excluding tert-OH is 1. The zero-order valence-electron chi connectivity index (χ0n) is 6.84. The van der Waals surface area contributed by atoms with E-state index in [1.54, 1.807) is 0 Å². The maximum atomic E-state index is 9.49. The first-order valence-electron chi connectivity index (χ1n) is 4.06. The van der Waals surface area contributed by atoms with E-state index in [9.17, 15) is 5.11 Å². The molecule has 1 unspecified atom stereocenters. The summed E-state index contributed by atoms with van der Waals surface area (Å²) < 4.78 is 0. The van der Waals surface area contributed by atoms with Gasteiger partial charge in [0, 0.05) is 0 Å². The average molecular weight is 170 g/mol. The second-order valence-corrected chi connectivity index (χ2v) is 3.55. The highest BCUT2D eigenvalue weighted by Crippen LogP contribution is 2.27. The van der Waals surface area contributed by atoms with E-state index in [4.69, 9.17) is 0 Å². The lowest BCUT2D eigenvalue weighted by atomic mass is 10.0. The normalized spacial score (nSPS) is 20.9. The minimum Gasteiger partial charge on any atom is -0.380 e. The van der Waals surface area contributed by atoms with Gasteiger partial charge in [-0.15, -0.1) is 0 Å². The Morgan fingerprint density at radius 2 is 2.09 bits per heavy atom. The van der Waals surface area contributed by atoms with Crippen molar-refractivity contribution in [1.82, 2.24) is 0 Å². The lowest BCUT2D eigenvalue weighted by Gasteiger charge is -2.09. The molecule has 11 heavy (non-hydrogen) atoms. The van der Waals surface area contributed by atoms with Gasteiger partial charge in [-0.2, -0.15) is 0 Å². The largest absolute Gasteiger partial charge is 0.380 e. The van der Waals surface area contributed by atoms with Crippen molar-refractivity contribution in [1.29, 1.82) is 0 Å². The highest BCUT2D eigenvalue weighted by atomic mass is 32.2. The zero-order chi connectivity index (χ0) is 8.10. The van der Waals surface area contributed by atoms with E-state index in [0.29, 0.717) is 5.92 Å². The topological polar surface area (TPSA) is 20.2 Å². The van der Waals surface area contributed by atoms with Gasteiger partial charge < -0.3 is 5.11 Å². The molecule has 62 valence electrons. The molecule has 0 heterocycles. The van der Waals surface area contributed by atoms with Gasteiger partial charge in [-0.1, -0.05) is 30.5 Å². The number of rotatable bonds is 1. The van der Waals surface area contributed by atoms with Gasteiger partial charge in [-0.25, -0.2) is 0 Å². The van der Waals surface area contributed by atoms with E-state index < -0.39 is 0 Å². The van der Waals surface area contributed by atoms with Crippen LogP contribution in [0.5, 0.6) is 0 Å². The summed E-state index contributed by atoms with van der Waals surface area (Å²) in [5, 5.41) is 12.3. The number of thioether (sulfide) groups is 1. The Balaban J connectivity index is 2.33. The maximum Gasteiger partial charge on any atom is 0.118 e. The Kier molecular flexibility index (Phi) is 3.82. The summed E-state index contributed by atoms with van der Waals surface area (Å²) in [5.74, 6) is 3.30. The van der Waals surface area contributed by atoms with E-state index in [1.165, 1.54) is 24.6 Å². The fraction of sp³-hybridized carbons (Fsp3) is 0.778. The van der Waals surface area contributed by atoms with Crippen LogP contribution in [0.3, 0.4) is 0 Å². The second kappa shape index (κ2) is 4.69. The summed E-state index contributed by atoms with van der Waals surface area (Å²) in [5.41, 5.74) is 0. The minimum atomic E-state index is -0.370. The first-order valence-corrected chi connectivity index (χ1v) is 5.28. The highest BCUT2D eigenvalue weighted by molar-refractivity contribution is 8.03. The van der Waals surface area contributed by atoms with Crippen LogP contribution < -0.4 is 0 Å². The van der Waals surface area contributed by atoms with Crippen LogP contribution in [0.2, 0.25) is 0 Å². The molecule has 1 atom stereocenters. The molecule has 0 radical (unpaired) electrons. The van der Waals surface area contributed by atoms with Crippen LogP contribution in [0.1, 0.15) is 25.7 Å². The molecule has 0 bridgehead atoms. The summed E-state index contributed by atoms with van der Waals surface area (Å²) in [4.78, 5) is 0. The Morgan fingerprint density at radius 3 is 2.64 bits per heavy atom. The molecule has 1 saturated carbocycles. The van der Waals surface area contributed by atoms with Crippen LogP contribution in [0.15, 0.2) is 0 Å². The summed E-state index contributed by atoms with van der Waals surface area (Å²) >= 11 is 1.47. The number of aliphatic hydroxyl groups is 1. The van der Waals surface area contributed by atoms with Crippen LogP contribution >= 0.6 is 11.8 Å². The Labute approximate surface area is 72.6 Å². The van der Waals surface area contributed by atoms with Crippen molar-refractivity contribution >= 4 is 11.8 Å². The highest BCUT2D eigenvalue weighted by Gasteiger charge is 2.21. The third-order valence-corrected chi connectivity index (χ3v) is 2.48. The maximum absolute atomic E-state index is 9.49. The van der Waals surface area contributed by atoms with Crippen LogP contribution in [-0.4, -0.2) is 17.5 Å². The smallest absolute Gasteiger partial charge is 0.118 e. The van der Waals surface area contributed by atoms with E-state index in [0.717, 1.165) is 12.8 Å². The standard InChI is InChI=1S/C9H14OS/c1-11-7-6-9(10)8-4-2-3-5-8/h8-10H,2-5H2,1H3. The van der Waals surface area contributed by atoms with Gasteiger partial charge >= 0.3 is 0 Å². The summed E-state index contributed by atoms with van der Waals surface area (Å²) in [7, 11) is 0. The lowest BCUT2D eigenvalue weighted by molar-refractivity contribution is 0.165. The molecule has 1 aliphatic rings. The SMILES string of the molecule is CSC#CC(O)C1CCCC1. The minimum absolute atomic E-state index is 0.370. The molecule has 0 aromatic rings. The molecule has 0 spiro atoms. The predicted molar refractivity (Wildman–Crippen MR) is 49.3 cm³/mol. The van der Waals surface area contributed by atoms with Crippen molar-refractivity contribution in [2.45, 2.75) is 31.8 Å². The molecule has 1 N–H and O–H groups in total. The van der Waals surface area contributed by atoms with Crippen molar-refractivity contribution < 1.29 is 5.11 Å². The predicted octanol–water partition coefficient (Wildman–Crippen LogP) is 1.86. The van der Waals surface area contributed by atoms with E-state index in [1.807, 2.05) is 6.26 Å².